The molecular formula is C15H22Cl2N2O. The molecule has 0 bridgehead atoms. The number of nitrogens with one attached hydrogen (secondary N) is 1. The summed E-state index contributed by atoms with van der Waals surface area (Å²) in [4.78, 5) is 12.1. The third kappa shape index (κ3) is 4.57. The number of hydrogen-bond donors (Lipinski definition) is 2. The zero-order valence-electron chi connectivity index (χ0n) is 11.7. The van der Waals surface area contributed by atoms with Gasteiger partial charge in [-0.05, 0) is 42.9 Å². The van der Waals surface area contributed by atoms with Gasteiger partial charge in [-0.1, -0.05) is 31.4 Å². The van der Waals surface area contributed by atoms with Crippen molar-refractivity contribution >= 4 is 35.6 Å². The molecule has 0 saturated heterocycles. The second kappa shape index (κ2) is 7.75. The Labute approximate surface area is 131 Å². The second-order valence-electron chi connectivity index (χ2n) is 5.59. The van der Waals surface area contributed by atoms with Crippen molar-refractivity contribution in [1.82, 2.24) is 5.32 Å². The summed E-state index contributed by atoms with van der Waals surface area (Å²) in [5.41, 5.74) is 6.69. The number of hydrogen-bond acceptors (Lipinski definition) is 2. The summed E-state index contributed by atoms with van der Waals surface area (Å²) >= 11 is 6.03. The first kappa shape index (κ1) is 17.1. The maximum atomic E-state index is 12.1. The number of benzene rings is 1. The summed E-state index contributed by atoms with van der Waals surface area (Å²) in [6.45, 7) is 3.02. The SMILES string of the molecule is CC1CCCC(CNC(=O)c2ccc(N)cc2Cl)C1.Cl. The van der Waals surface area contributed by atoms with Gasteiger partial charge in [0.1, 0.15) is 0 Å². The molecule has 3 N–H and O–H groups in total. The summed E-state index contributed by atoms with van der Waals surface area (Å²) in [5, 5.41) is 3.40. The molecule has 0 radical (unpaired) electrons. The van der Waals surface area contributed by atoms with Gasteiger partial charge in [-0.3, -0.25) is 4.79 Å². The molecule has 0 aliphatic heterocycles. The monoisotopic (exact) mass is 316 g/mol. The van der Waals surface area contributed by atoms with Crippen LogP contribution in [0.15, 0.2) is 18.2 Å². The molecule has 1 saturated carbocycles. The molecule has 5 heteroatoms. The van der Waals surface area contributed by atoms with Gasteiger partial charge in [-0.15, -0.1) is 12.4 Å². The average molecular weight is 317 g/mol. The molecule has 2 atom stereocenters. The number of anilines is 1. The van der Waals surface area contributed by atoms with E-state index in [0.29, 0.717) is 22.2 Å². The summed E-state index contributed by atoms with van der Waals surface area (Å²) in [6, 6.07) is 4.99. The quantitative estimate of drug-likeness (QED) is 0.831. The van der Waals surface area contributed by atoms with E-state index in [0.717, 1.165) is 12.5 Å². The molecule has 1 amide bonds. The van der Waals surface area contributed by atoms with Gasteiger partial charge in [0.05, 0.1) is 10.6 Å². The number of carbonyl (C=O) groups excluding carboxylic acids is 1. The number of nitrogens with two attached hydrogens (primary N) is 1. The fourth-order valence-corrected chi connectivity index (χ4v) is 3.07. The Bertz CT molecular complexity index is 465. The van der Waals surface area contributed by atoms with E-state index in [1.54, 1.807) is 18.2 Å². The van der Waals surface area contributed by atoms with E-state index < -0.39 is 0 Å². The zero-order valence-corrected chi connectivity index (χ0v) is 13.3. The topological polar surface area (TPSA) is 55.1 Å². The van der Waals surface area contributed by atoms with Crippen LogP contribution in [0.4, 0.5) is 5.69 Å². The van der Waals surface area contributed by atoms with Crippen molar-refractivity contribution in [3.63, 3.8) is 0 Å². The van der Waals surface area contributed by atoms with Crippen LogP contribution in [0.2, 0.25) is 5.02 Å². The van der Waals surface area contributed by atoms with Crippen LogP contribution >= 0.6 is 24.0 Å². The van der Waals surface area contributed by atoms with Crippen molar-refractivity contribution in [2.45, 2.75) is 32.6 Å². The minimum Gasteiger partial charge on any atom is -0.399 e. The Morgan fingerprint density at radius 3 is 2.85 bits per heavy atom. The van der Waals surface area contributed by atoms with Crippen LogP contribution in [-0.2, 0) is 0 Å². The second-order valence-corrected chi connectivity index (χ2v) is 5.99. The van der Waals surface area contributed by atoms with Crippen molar-refractivity contribution in [3.8, 4) is 0 Å². The molecule has 112 valence electrons. The van der Waals surface area contributed by atoms with Crippen LogP contribution in [-0.4, -0.2) is 12.5 Å². The van der Waals surface area contributed by atoms with E-state index in [9.17, 15) is 4.79 Å². The number of nitrogen functional groups attached to an aromatic ring is 1. The number of rotatable bonds is 3. The van der Waals surface area contributed by atoms with Gasteiger partial charge in [0.25, 0.3) is 5.91 Å². The van der Waals surface area contributed by atoms with Crippen molar-refractivity contribution < 1.29 is 4.79 Å². The normalized spacial score (nSPS) is 21.9. The van der Waals surface area contributed by atoms with Crippen LogP contribution in [0.25, 0.3) is 0 Å². The van der Waals surface area contributed by atoms with Gasteiger partial charge < -0.3 is 11.1 Å². The third-order valence-corrected chi connectivity index (χ3v) is 4.15. The van der Waals surface area contributed by atoms with Crippen LogP contribution in [0.3, 0.4) is 0 Å². The number of amides is 1. The minimum absolute atomic E-state index is 0. The molecule has 1 aromatic rings. The molecule has 0 spiro atoms. The molecule has 1 fully saturated rings. The van der Waals surface area contributed by atoms with Crippen molar-refractivity contribution in [2.24, 2.45) is 11.8 Å². The minimum atomic E-state index is -0.108. The lowest BCUT2D eigenvalue weighted by atomic mass is 9.82. The number of carbonyl (C=O) groups is 1. The lowest BCUT2D eigenvalue weighted by molar-refractivity contribution is 0.0941. The lowest BCUT2D eigenvalue weighted by Gasteiger charge is -2.26. The van der Waals surface area contributed by atoms with Crippen LogP contribution in [0, 0.1) is 11.8 Å². The first-order chi connectivity index (χ1) is 9.06. The average Bonchev–Trinajstić information content (AvgIpc) is 2.36. The first-order valence-electron chi connectivity index (χ1n) is 6.89. The molecule has 1 aromatic carbocycles. The standard InChI is InChI=1S/C15H21ClN2O.ClH/c1-10-3-2-4-11(7-10)9-18-15(19)13-6-5-12(17)8-14(13)16;/h5-6,8,10-11H,2-4,7,9,17H2,1H3,(H,18,19);1H. The summed E-state index contributed by atoms with van der Waals surface area (Å²) in [6.07, 6.45) is 4.99. The molecule has 20 heavy (non-hydrogen) atoms. The Balaban J connectivity index is 0.00000200. The zero-order chi connectivity index (χ0) is 13.8. The van der Waals surface area contributed by atoms with Crippen molar-refractivity contribution in [3.05, 3.63) is 28.8 Å². The van der Waals surface area contributed by atoms with E-state index >= 15 is 0 Å². The smallest absolute Gasteiger partial charge is 0.252 e. The van der Waals surface area contributed by atoms with E-state index in [1.165, 1.54) is 25.7 Å². The summed E-state index contributed by atoms with van der Waals surface area (Å²) < 4.78 is 0. The van der Waals surface area contributed by atoms with Crippen molar-refractivity contribution in [1.29, 1.82) is 0 Å². The Morgan fingerprint density at radius 2 is 2.20 bits per heavy atom. The predicted molar refractivity (Wildman–Crippen MR) is 86.6 cm³/mol. The Hall–Kier alpha value is -0.930. The van der Waals surface area contributed by atoms with E-state index in [1.807, 2.05) is 0 Å². The molecule has 2 unspecified atom stereocenters. The molecule has 1 aliphatic carbocycles. The molecule has 2 rings (SSSR count). The third-order valence-electron chi connectivity index (χ3n) is 3.83. The highest BCUT2D eigenvalue weighted by Crippen LogP contribution is 2.28. The van der Waals surface area contributed by atoms with Crippen LogP contribution in [0.5, 0.6) is 0 Å². The van der Waals surface area contributed by atoms with Gasteiger partial charge in [-0.2, -0.15) is 0 Å². The maximum absolute atomic E-state index is 12.1. The van der Waals surface area contributed by atoms with E-state index in [4.69, 9.17) is 17.3 Å². The molecule has 0 heterocycles. The molecular weight excluding hydrogens is 295 g/mol. The van der Waals surface area contributed by atoms with Crippen LogP contribution in [0.1, 0.15) is 43.0 Å². The van der Waals surface area contributed by atoms with Gasteiger partial charge in [-0.25, -0.2) is 0 Å². The Kier molecular flexibility index (Phi) is 6.63. The van der Waals surface area contributed by atoms with Crippen LogP contribution < -0.4 is 11.1 Å². The van der Waals surface area contributed by atoms with E-state index in [-0.39, 0.29) is 18.3 Å². The van der Waals surface area contributed by atoms with Crippen molar-refractivity contribution in [2.75, 3.05) is 12.3 Å². The largest absolute Gasteiger partial charge is 0.399 e. The van der Waals surface area contributed by atoms with Gasteiger partial charge in [0.15, 0.2) is 0 Å². The molecule has 1 aliphatic rings. The highest BCUT2D eigenvalue weighted by Gasteiger charge is 2.20. The summed E-state index contributed by atoms with van der Waals surface area (Å²) in [5.74, 6) is 1.26. The highest BCUT2D eigenvalue weighted by atomic mass is 35.5. The first-order valence-corrected chi connectivity index (χ1v) is 7.27. The maximum Gasteiger partial charge on any atom is 0.252 e. The highest BCUT2D eigenvalue weighted by molar-refractivity contribution is 6.34. The predicted octanol–water partition coefficient (Wildman–Crippen LogP) is 3.90. The fourth-order valence-electron chi connectivity index (χ4n) is 2.79. The van der Waals surface area contributed by atoms with Gasteiger partial charge in [0.2, 0.25) is 0 Å². The Morgan fingerprint density at radius 1 is 1.45 bits per heavy atom. The van der Waals surface area contributed by atoms with E-state index in [2.05, 4.69) is 12.2 Å². The number of halogens is 2. The lowest BCUT2D eigenvalue weighted by Crippen LogP contribution is -2.31. The fraction of sp³-hybridized carbons (Fsp3) is 0.533. The van der Waals surface area contributed by atoms with Gasteiger partial charge >= 0.3 is 0 Å². The summed E-state index contributed by atoms with van der Waals surface area (Å²) in [7, 11) is 0. The molecule has 0 aromatic heterocycles. The van der Waals surface area contributed by atoms with Gasteiger partial charge in [0, 0.05) is 12.2 Å². The molecule has 3 nitrogen and oxygen atoms in total.